The van der Waals surface area contributed by atoms with Crippen molar-refractivity contribution in [3.63, 3.8) is 0 Å². The summed E-state index contributed by atoms with van der Waals surface area (Å²) in [5.41, 5.74) is 9.43. The van der Waals surface area contributed by atoms with E-state index < -0.39 is 24.0 Å². The van der Waals surface area contributed by atoms with Gasteiger partial charge in [0.15, 0.2) is 6.04 Å². The highest BCUT2D eigenvalue weighted by atomic mass is 31.0. The number of carboxylic acid groups (broad SMARTS) is 2. The minimum absolute atomic E-state index is 0.0212. The zero-order chi connectivity index (χ0) is 35.3. The molecule has 0 aliphatic heterocycles. The molecule has 0 bridgehead atoms. The molecule has 0 heterocycles. The fraction of sp³-hybridized carbons (Fsp3) is 0.316. The van der Waals surface area contributed by atoms with Crippen LogP contribution in [0.15, 0.2) is 126 Å². The second-order valence-corrected chi connectivity index (χ2v) is 8.59. The monoisotopic (exact) mass is 634 g/mol. The number of hydrogen-bond acceptors (Lipinski definition) is 4. The molecule has 4 aromatic rings. The second-order valence-electron chi connectivity index (χ2n) is 8.36. The molecule has 0 aliphatic carbocycles. The third-order valence-corrected chi connectivity index (χ3v) is 6.22. The van der Waals surface area contributed by atoms with E-state index in [1.807, 2.05) is 177 Å². The summed E-state index contributed by atoms with van der Waals surface area (Å²) >= 11 is 0. The van der Waals surface area contributed by atoms with Crippen LogP contribution in [0.2, 0.25) is 0 Å². The minimum Gasteiger partial charge on any atom is -0.480 e. The lowest BCUT2D eigenvalue weighted by molar-refractivity contribution is -0.139. The SMILES string of the molecule is CC.CC.CC.CC.N[C@H](C(=O)O)C(c1ccccc1)c1ccccc1.[3H]P=N[C@H](C(=O)O)C(c1ccccc1)c1ccccc1. The highest BCUT2D eigenvalue weighted by molar-refractivity contribution is 7.04. The van der Waals surface area contributed by atoms with Crippen molar-refractivity contribution in [1.29, 1.82) is 1.28 Å². The standard InChI is InChI=1S/C15H14NO2P.C15H15NO2.4C2H6/c17-15(18)14(16-19)13(11-7-3-1-4-8-11)12-9-5-2-6-10-12;16-14(15(17)18)13(11-7-3-1-4-8-11)12-9-5-2-6-10-12;4*1-2/h1-10,13-14,19H,(H,17,18);1-10,13-14H,16H2,(H,17,18);4*1-2H3/t2*14-;;;;/m00..../s1/i19T;;;;;. The zero-order valence-electron chi connectivity index (χ0n) is 29.0. The van der Waals surface area contributed by atoms with Crippen LogP contribution in [-0.2, 0) is 9.59 Å². The van der Waals surface area contributed by atoms with E-state index in [4.69, 9.17) is 12.1 Å². The number of aliphatic carboxylic acids is 2. The molecule has 0 amide bonds. The average molecular weight is 635 g/mol. The summed E-state index contributed by atoms with van der Waals surface area (Å²) in [6, 6.07) is 35.9. The first kappa shape index (κ1) is 40.9. The Kier molecular flexibility index (Phi) is 24.9. The van der Waals surface area contributed by atoms with Gasteiger partial charge >= 0.3 is 11.9 Å². The summed E-state index contributed by atoms with van der Waals surface area (Å²) in [7, 11) is -0.0212. The Morgan fingerprint density at radius 3 is 1.04 bits per heavy atom. The van der Waals surface area contributed by atoms with Crippen molar-refractivity contribution in [2.45, 2.75) is 79.3 Å². The van der Waals surface area contributed by atoms with E-state index in [1.165, 1.54) is 0 Å². The molecule has 0 aromatic heterocycles. The van der Waals surface area contributed by atoms with Gasteiger partial charge in [0.2, 0.25) is 0 Å². The van der Waals surface area contributed by atoms with Gasteiger partial charge in [-0.25, -0.2) is 4.79 Å². The zero-order valence-corrected chi connectivity index (χ0v) is 28.9. The number of rotatable bonds is 9. The van der Waals surface area contributed by atoms with Crippen LogP contribution in [0.5, 0.6) is 0 Å². The molecule has 0 aliphatic rings. The van der Waals surface area contributed by atoms with E-state index in [0.717, 1.165) is 22.3 Å². The lowest BCUT2D eigenvalue weighted by atomic mass is 9.85. The summed E-state index contributed by atoms with van der Waals surface area (Å²) in [5.74, 6) is -2.71. The van der Waals surface area contributed by atoms with Crippen LogP contribution in [0.4, 0.5) is 0 Å². The van der Waals surface area contributed by atoms with Crippen molar-refractivity contribution in [3.8, 4) is 0 Å². The van der Waals surface area contributed by atoms with Gasteiger partial charge in [-0.1, -0.05) is 177 Å². The molecular weight excluding hydrogens is 579 g/mol. The van der Waals surface area contributed by atoms with Gasteiger partial charge in [-0.15, -0.1) is 0 Å². The smallest absolute Gasteiger partial charge is 0.329 e. The number of hydrogen-bond donors (Lipinski definition) is 3. The first-order valence-electron chi connectivity index (χ1n) is 16.1. The van der Waals surface area contributed by atoms with E-state index in [9.17, 15) is 14.7 Å². The summed E-state index contributed by atoms with van der Waals surface area (Å²) in [6.45, 7) is 16.0. The molecule has 4 aromatic carbocycles. The van der Waals surface area contributed by atoms with Crippen LogP contribution in [-0.4, -0.2) is 35.5 Å². The Morgan fingerprint density at radius 1 is 0.556 bits per heavy atom. The normalized spacial score (nSPS) is 11.1. The maximum atomic E-state index is 11.5. The molecule has 244 valence electrons. The van der Waals surface area contributed by atoms with E-state index in [1.54, 1.807) is 0 Å². The van der Waals surface area contributed by atoms with E-state index >= 15 is 0 Å². The third kappa shape index (κ3) is 14.9. The summed E-state index contributed by atoms with van der Waals surface area (Å²) in [6.07, 6.45) is 0. The van der Waals surface area contributed by atoms with Crippen molar-refractivity contribution in [2.24, 2.45) is 10.5 Å². The fourth-order valence-electron chi connectivity index (χ4n) is 4.21. The predicted molar refractivity (Wildman–Crippen MR) is 193 cm³/mol. The largest absolute Gasteiger partial charge is 0.480 e. The minimum atomic E-state index is -1.01. The first-order valence-corrected chi connectivity index (χ1v) is 16.1. The maximum Gasteiger partial charge on any atom is 0.329 e. The number of nitrogens with zero attached hydrogens (tertiary/aromatic N) is 1. The molecular formula is C38H53N2O4P. The second kappa shape index (κ2) is 27.4. The molecule has 4 rings (SSSR count). The molecule has 2 atom stereocenters. The van der Waals surface area contributed by atoms with Crippen LogP contribution in [0.25, 0.3) is 0 Å². The summed E-state index contributed by atoms with van der Waals surface area (Å²) < 4.78 is 11.1. The van der Waals surface area contributed by atoms with Crippen LogP contribution in [0.3, 0.4) is 0 Å². The predicted octanol–water partition coefficient (Wildman–Crippen LogP) is 9.93. The Hall–Kier alpha value is -4.12. The number of carboxylic acids is 2. The molecule has 45 heavy (non-hydrogen) atoms. The van der Waals surface area contributed by atoms with Crippen molar-refractivity contribution in [2.75, 3.05) is 0 Å². The Morgan fingerprint density at radius 2 is 0.822 bits per heavy atom. The van der Waals surface area contributed by atoms with Crippen molar-refractivity contribution in [3.05, 3.63) is 144 Å². The lowest BCUT2D eigenvalue weighted by Crippen LogP contribution is -2.37. The van der Waals surface area contributed by atoms with Crippen LogP contribution in [0.1, 0.15) is 89.5 Å². The van der Waals surface area contributed by atoms with Gasteiger partial charge < -0.3 is 15.9 Å². The topological polar surface area (TPSA) is 113 Å². The van der Waals surface area contributed by atoms with E-state index in [-0.39, 0.29) is 20.8 Å². The Labute approximate surface area is 275 Å². The van der Waals surface area contributed by atoms with E-state index in [2.05, 4.69) is 4.74 Å². The number of carbonyl (C=O) groups is 2. The van der Waals surface area contributed by atoms with Gasteiger partial charge in [0, 0.05) is 11.8 Å². The van der Waals surface area contributed by atoms with Gasteiger partial charge in [-0.05, 0) is 31.2 Å². The van der Waals surface area contributed by atoms with Gasteiger partial charge in [0.25, 0.3) is 0 Å². The fourth-order valence-corrected chi connectivity index (χ4v) is 4.44. The van der Waals surface area contributed by atoms with Gasteiger partial charge in [-0.3, -0.25) is 9.54 Å². The van der Waals surface area contributed by atoms with Gasteiger partial charge in [-0.2, -0.15) is 0 Å². The van der Waals surface area contributed by atoms with Gasteiger partial charge in [0.05, 0.1) is 0 Å². The Balaban J connectivity index is 0. The quantitative estimate of drug-likeness (QED) is 0.159. The van der Waals surface area contributed by atoms with E-state index in [0.29, 0.717) is 0 Å². The lowest BCUT2D eigenvalue weighted by Gasteiger charge is -2.21. The van der Waals surface area contributed by atoms with Crippen LogP contribution in [0, 0.1) is 0 Å². The highest BCUT2D eigenvalue weighted by Crippen LogP contribution is 2.30. The number of benzene rings is 4. The van der Waals surface area contributed by atoms with Crippen molar-refractivity contribution in [1.82, 2.24) is 0 Å². The Bertz CT molecular complexity index is 1230. The summed E-state index contributed by atoms with van der Waals surface area (Å²) in [5, 5.41) is 18.6. The molecule has 0 fully saturated rings. The van der Waals surface area contributed by atoms with Crippen molar-refractivity contribution >= 4 is 20.9 Å². The van der Waals surface area contributed by atoms with Crippen LogP contribution < -0.4 is 5.73 Å². The average Bonchev–Trinajstić information content (AvgIpc) is 3.13. The molecule has 0 saturated heterocycles. The van der Waals surface area contributed by atoms with Gasteiger partial charge in [0.1, 0.15) is 7.32 Å². The number of nitrogens with two attached hydrogens (primary N) is 1. The first-order chi connectivity index (χ1) is 22.4. The molecule has 4 N–H and O–H groups in total. The molecule has 0 radical (unpaired) electrons. The molecule has 0 saturated carbocycles. The third-order valence-electron chi connectivity index (χ3n) is 5.97. The molecule has 0 unspecified atom stereocenters. The van der Waals surface area contributed by atoms with Crippen LogP contribution >= 0.6 is 8.98 Å². The molecule has 6 nitrogen and oxygen atoms in total. The summed E-state index contributed by atoms with van der Waals surface area (Å²) in [4.78, 5) is 22.7. The highest BCUT2D eigenvalue weighted by Gasteiger charge is 2.30. The molecule has 0 spiro atoms. The molecule has 7 heteroatoms. The van der Waals surface area contributed by atoms with Crippen molar-refractivity contribution < 1.29 is 19.8 Å². The maximum absolute atomic E-state index is 11.5.